The fraction of sp³-hybridized carbons (Fsp3) is 0.500. The molecule has 108 valence electrons. The Labute approximate surface area is 138 Å². The van der Waals surface area contributed by atoms with Gasteiger partial charge in [-0.15, -0.1) is 0 Å². The van der Waals surface area contributed by atoms with Crippen molar-refractivity contribution in [3.63, 3.8) is 0 Å². The Morgan fingerprint density at radius 1 is 0.850 bits per heavy atom. The Morgan fingerprint density at radius 2 is 1.35 bits per heavy atom. The Morgan fingerprint density at radius 3 is 1.80 bits per heavy atom. The normalized spacial score (nSPS) is 15.9. The molecule has 20 heavy (non-hydrogen) atoms. The third-order valence-corrected chi connectivity index (χ3v) is 28.8. The molecule has 2 aromatic rings. The van der Waals surface area contributed by atoms with E-state index in [0.29, 0.717) is 0 Å². The molecule has 3 heterocycles. The number of rotatable bonds is 6. The summed E-state index contributed by atoms with van der Waals surface area (Å²) < 4.78 is 6.79. The maximum absolute atomic E-state index is 2.38. The van der Waals surface area contributed by atoms with Crippen LogP contribution in [0.15, 0.2) is 32.7 Å². The molecular weight excluding hydrogens is 407 g/mol. The average molecular weight is 429 g/mol. The number of hydrogen-bond acceptors (Lipinski definition) is 3. The molecule has 2 aromatic heterocycles. The first-order chi connectivity index (χ1) is 9.81. The zero-order valence-corrected chi connectivity index (χ0v) is 17.6. The molecule has 0 aliphatic carbocycles. The summed E-state index contributed by atoms with van der Waals surface area (Å²) in [5, 5.41) is 4.69. The molecule has 1 aliphatic heterocycles. The van der Waals surface area contributed by atoms with E-state index in [9.17, 15) is 0 Å². The second kappa shape index (κ2) is 6.76. The molecule has 0 aromatic carbocycles. The zero-order chi connectivity index (χ0) is 14.0. The Bertz CT molecular complexity index is 520. The van der Waals surface area contributed by atoms with E-state index in [1.165, 1.54) is 34.6 Å². The second-order valence-corrected chi connectivity index (χ2v) is 22.5. The summed E-state index contributed by atoms with van der Waals surface area (Å²) in [7, 11) is 0. The Kier molecular flexibility index (Phi) is 5.22. The molecule has 1 aliphatic rings. The van der Waals surface area contributed by atoms with Crippen LogP contribution >= 0.6 is 34.4 Å². The Hall–Kier alpha value is 0.549. The van der Waals surface area contributed by atoms with Crippen LogP contribution in [0.4, 0.5) is 0 Å². The van der Waals surface area contributed by atoms with Crippen LogP contribution in [-0.2, 0) is 0 Å². The van der Waals surface area contributed by atoms with Crippen LogP contribution in [0.25, 0.3) is 0 Å². The summed E-state index contributed by atoms with van der Waals surface area (Å²) in [4.78, 5) is 3.23. The quantitative estimate of drug-likeness (QED) is 0.552. The van der Waals surface area contributed by atoms with Crippen molar-refractivity contribution in [3.05, 3.63) is 22.9 Å². The van der Waals surface area contributed by atoms with Gasteiger partial charge in [0.1, 0.15) is 0 Å². The molecule has 0 atom stereocenters. The topological polar surface area (TPSA) is 0 Å². The molecule has 0 radical (unpaired) electrons. The van der Waals surface area contributed by atoms with Crippen LogP contribution in [0.5, 0.6) is 0 Å². The van der Waals surface area contributed by atoms with E-state index < -0.39 is 18.4 Å². The van der Waals surface area contributed by atoms with Crippen LogP contribution in [0.3, 0.4) is 0 Å². The van der Waals surface area contributed by atoms with Gasteiger partial charge >= 0.3 is 140 Å². The van der Waals surface area contributed by atoms with Crippen LogP contribution in [0.1, 0.15) is 39.5 Å². The van der Waals surface area contributed by atoms with Crippen molar-refractivity contribution in [1.82, 2.24) is 0 Å². The van der Waals surface area contributed by atoms with Crippen LogP contribution in [0.2, 0.25) is 8.87 Å². The summed E-state index contributed by atoms with van der Waals surface area (Å²) in [5.74, 6) is 0. The summed E-state index contributed by atoms with van der Waals surface area (Å²) in [5.41, 5.74) is 0. The monoisotopic (exact) mass is 430 g/mol. The first-order valence-electron chi connectivity index (χ1n) is 7.65. The predicted molar refractivity (Wildman–Crippen MR) is 97.2 cm³/mol. The van der Waals surface area contributed by atoms with Gasteiger partial charge in [0.25, 0.3) is 0 Å². The summed E-state index contributed by atoms with van der Waals surface area (Å²) in [6.07, 6.45) is 5.55. The standard InChI is InChI=1S/C8H4S3.2C4H9.Sn/c1-3-9-5-7(1)11-8-2-4-10-6-8;2*1-3-4-2;/h1-4H;2*1,3-4H2,2H3;. The molecule has 0 saturated heterocycles. The van der Waals surface area contributed by atoms with Crippen molar-refractivity contribution in [2.75, 3.05) is 0 Å². The molecule has 0 amide bonds. The van der Waals surface area contributed by atoms with Gasteiger partial charge in [0, 0.05) is 0 Å². The van der Waals surface area contributed by atoms with Crippen LogP contribution < -0.4 is 5.79 Å². The molecule has 0 N–H and O–H groups in total. The molecular formula is C16H22S3Sn. The Balaban J connectivity index is 2.08. The number of hydrogen-bond donors (Lipinski definition) is 0. The van der Waals surface area contributed by atoms with E-state index in [2.05, 4.69) is 59.4 Å². The van der Waals surface area contributed by atoms with Crippen molar-refractivity contribution in [3.8, 4) is 0 Å². The molecule has 3 rings (SSSR count). The van der Waals surface area contributed by atoms with Crippen molar-refractivity contribution in [2.24, 2.45) is 0 Å². The zero-order valence-electron chi connectivity index (χ0n) is 12.3. The molecule has 0 spiro atoms. The third-order valence-electron chi connectivity index (χ3n) is 4.26. The van der Waals surface area contributed by atoms with Gasteiger partial charge in [0.15, 0.2) is 0 Å². The van der Waals surface area contributed by atoms with E-state index in [1.807, 2.05) is 17.5 Å². The van der Waals surface area contributed by atoms with Crippen molar-refractivity contribution in [1.29, 1.82) is 0 Å². The van der Waals surface area contributed by atoms with E-state index in [0.717, 1.165) is 0 Å². The van der Waals surface area contributed by atoms with E-state index in [1.54, 1.807) is 9.79 Å². The van der Waals surface area contributed by atoms with E-state index in [-0.39, 0.29) is 0 Å². The summed E-state index contributed by atoms with van der Waals surface area (Å²) in [6.45, 7) is 4.70. The van der Waals surface area contributed by atoms with Gasteiger partial charge in [0.2, 0.25) is 0 Å². The summed E-state index contributed by atoms with van der Waals surface area (Å²) >= 11 is 3.85. The maximum atomic E-state index is 2.38. The van der Waals surface area contributed by atoms with E-state index in [4.69, 9.17) is 0 Å². The van der Waals surface area contributed by atoms with Crippen molar-refractivity contribution in [2.45, 2.75) is 58.2 Å². The van der Waals surface area contributed by atoms with Gasteiger partial charge in [0.05, 0.1) is 0 Å². The average Bonchev–Trinajstić information content (AvgIpc) is 3.11. The fourth-order valence-electron chi connectivity index (χ4n) is 3.21. The number of unbranched alkanes of at least 4 members (excludes halogenated alkanes) is 2. The van der Waals surface area contributed by atoms with Gasteiger partial charge in [-0.25, -0.2) is 0 Å². The van der Waals surface area contributed by atoms with Gasteiger partial charge in [-0.3, -0.25) is 0 Å². The van der Waals surface area contributed by atoms with Crippen molar-refractivity contribution >= 4 is 58.6 Å². The number of fused-ring (bicyclic) bond motifs is 2. The minimum atomic E-state index is -2.35. The van der Waals surface area contributed by atoms with Crippen molar-refractivity contribution < 1.29 is 0 Å². The molecule has 0 bridgehead atoms. The van der Waals surface area contributed by atoms with Gasteiger partial charge < -0.3 is 0 Å². The summed E-state index contributed by atoms with van der Waals surface area (Å²) in [6, 6.07) is 4.77. The fourth-order valence-corrected chi connectivity index (χ4v) is 31.7. The van der Waals surface area contributed by atoms with Gasteiger partial charge in [-0.2, -0.15) is 0 Å². The minimum absolute atomic E-state index is 1.35. The van der Waals surface area contributed by atoms with Crippen LogP contribution in [-0.4, -0.2) is 18.4 Å². The molecule has 4 heteroatoms. The predicted octanol–water partition coefficient (Wildman–Crippen LogP) is 5.44. The molecule has 0 nitrogen and oxygen atoms in total. The first kappa shape index (κ1) is 15.4. The van der Waals surface area contributed by atoms with E-state index >= 15 is 0 Å². The first-order valence-corrected chi connectivity index (χ1v) is 17.1. The third kappa shape index (κ3) is 2.64. The SMILES string of the molecule is CCC[CH2][Sn]1([CH2]CCC)[c]2sccc2Sc2ccs[c]21. The second-order valence-electron chi connectivity index (χ2n) is 5.62. The number of thiophene rings is 2. The van der Waals surface area contributed by atoms with Gasteiger partial charge in [-0.05, 0) is 0 Å². The molecule has 0 fully saturated rings. The van der Waals surface area contributed by atoms with Gasteiger partial charge in [-0.1, -0.05) is 0 Å². The molecule has 0 saturated carbocycles. The molecule has 0 unspecified atom stereocenters. The van der Waals surface area contributed by atoms with Crippen LogP contribution in [0, 0.1) is 0 Å².